The summed E-state index contributed by atoms with van der Waals surface area (Å²) in [5.74, 6) is 0. The monoisotopic (exact) mass is 280 g/mol. The Labute approximate surface area is 122 Å². The first-order chi connectivity index (χ1) is 9.67. The molecule has 0 saturated heterocycles. The molecule has 20 heavy (non-hydrogen) atoms. The molecule has 2 nitrogen and oxygen atoms in total. The molecule has 1 heterocycles. The minimum atomic E-state index is 0.684. The molecule has 0 unspecified atom stereocenters. The number of nitrogens with zero attached hydrogens (tertiary/aromatic N) is 2. The molecule has 3 heteroatoms. The molecule has 0 atom stereocenters. The highest BCUT2D eigenvalue weighted by atomic mass is 35.5. The van der Waals surface area contributed by atoms with Crippen LogP contribution >= 0.6 is 11.6 Å². The zero-order valence-electron chi connectivity index (χ0n) is 11.1. The summed E-state index contributed by atoms with van der Waals surface area (Å²) in [7, 11) is 0. The van der Waals surface area contributed by atoms with E-state index in [0.717, 1.165) is 33.6 Å². The minimum absolute atomic E-state index is 0.684. The first kappa shape index (κ1) is 12.8. The third-order valence-corrected chi connectivity index (χ3v) is 3.80. The Morgan fingerprint density at radius 2 is 2.00 bits per heavy atom. The molecule has 0 radical (unpaired) electrons. The number of aryl methyl sites for hydroxylation is 1. The van der Waals surface area contributed by atoms with Crippen molar-refractivity contribution in [2.75, 3.05) is 0 Å². The van der Waals surface area contributed by atoms with Crippen molar-refractivity contribution in [2.45, 2.75) is 13.5 Å². The quantitative estimate of drug-likeness (QED) is 0.678. The van der Waals surface area contributed by atoms with Gasteiger partial charge in [0.25, 0.3) is 0 Å². The fourth-order valence-electron chi connectivity index (χ4n) is 2.37. The molecule has 0 fully saturated rings. The highest BCUT2D eigenvalue weighted by molar-refractivity contribution is 6.31. The van der Waals surface area contributed by atoms with Gasteiger partial charge in [0, 0.05) is 28.7 Å². The maximum Gasteiger partial charge on any atom is 0.0991 e. The van der Waals surface area contributed by atoms with Crippen LogP contribution in [-0.2, 0) is 6.54 Å². The maximum absolute atomic E-state index is 8.93. The second-order valence-corrected chi connectivity index (χ2v) is 5.33. The lowest BCUT2D eigenvalue weighted by Gasteiger charge is -2.08. The number of nitriles is 1. The van der Waals surface area contributed by atoms with Crippen molar-refractivity contribution in [1.29, 1.82) is 5.26 Å². The molecule has 0 N–H and O–H groups in total. The smallest absolute Gasteiger partial charge is 0.0991 e. The molecule has 0 saturated carbocycles. The Morgan fingerprint density at radius 1 is 1.15 bits per heavy atom. The SMILES string of the molecule is Cc1ccc(Cn2ccc3cc(C#N)ccc32)c(Cl)c1. The number of benzene rings is 2. The lowest BCUT2D eigenvalue weighted by atomic mass is 10.1. The lowest BCUT2D eigenvalue weighted by molar-refractivity contribution is 0.836. The van der Waals surface area contributed by atoms with E-state index in [2.05, 4.69) is 22.8 Å². The topological polar surface area (TPSA) is 28.7 Å². The predicted molar refractivity (Wildman–Crippen MR) is 81.9 cm³/mol. The van der Waals surface area contributed by atoms with Gasteiger partial charge in [-0.05, 0) is 48.4 Å². The molecular weight excluding hydrogens is 268 g/mol. The molecule has 3 rings (SSSR count). The Hall–Kier alpha value is -2.24. The van der Waals surface area contributed by atoms with Gasteiger partial charge in [-0.25, -0.2) is 0 Å². The highest BCUT2D eigenvalue weighted by Gasteiger charge is 2.05. The van der Waals surface area contributed by atoms with Crippen molar-refractivity contribution in [2.24, 2.45) is 0 Å². The van der Waals surface area contributed by atoms with Gasteiger partial charge in [-0.15, -0.1) is 0 Å². The average Bonchev–Trinajstić information content (AvgIpc) is 2.84. The molecule has 0 aliphatic rings. The van der Waals surface area contributed by atoms with Gasteiger partial charge in [-0.3, -0.25) is 0 Å². The van der Waals surface area contributed by atoms with Crippen LogP contribution in [-0.4, -0.2) is 4.57 Å². The van der Waals surface area contributed by atoms with Crippen LogP contribution in [0.4, 0.5) is 0 Å². The van der Waals surface area contributed by atoms with Gasteiger partial charge < -0.3 is 4.57 Å². The number of halogens is 1. The van der Waals surface area contributed by atoms with E-state index in [1.165, 1.54) is 0 Å². The third kappa shape index (κ3) is 2.29. The molecule has 3 aromatic rings. The molecular formula is C17H13ClN2. The highest BCUT2D eigenvalue weighted by Crippen LogP contribution is 2.22. The van der Waals surface area contributed by atoms with Crippen molar-refractivity contribution < 1.29 is 0 Å². The van der Waals surface area contributed by atoms with Gasteiger partial charge in [0.05, 0.1) is 11.6 Å². The number of aromatic nitrogens is 1. The standard InChI is InChI=1S/C17H13ClN2/c1-12-2-4-15(16(18)8-12)11-20-7-6-14-9-13(10-19)3-5-17(14)20/h2-9H,11H2,1H3. The van der Waals surface area contributed by atoms with Gasteiger partial charge in [0.2, 0.25) is 0 Å². The average molecular weight is 281 g/mol. The van der Waals surface area contributed by atoms with Gasteiger partial charge in [-0.2, -0.15) is 5.26 Å². The summed E-state index contributed by atoms with van der Waals surface area (Å²) >= 11 is 6.29. The second kappa shape index (κ2) is 5.03. The fraction of sp³-hybridized carbons (Fsp3) is 0.118. The number of rotatable bonds is 2. The zero-order valence-corrected chi connectivity index (χ0v) is 11.9. The molecule has 98 valence electrons. The van der Waals surface area contributed by atoms with Crippen molar-refractivity contribution >= 4 is 22.5 Å². The summed E-state index contributed by atoms with van der Waals surface area (Å²) < 4.78 is 2.15. The molecule has 0 aliphatic carbocycles. The van der Waals surface area contributed by atoms with Crippen LogP contribution in [0.15, 0.2) is 48.7 Å². The molecule has 0 amide bonds. The summed E-state index contributed by atoms with van der Waals surface area (Å²) in [5, 5.41) is 10.8. The van der Waals surface area contributed by atoms with Gasteiger partial charge >= 0.3 is 0 Å². The summed E-state index contributed by atoms with van der Waals surface area (Å²) in [5.41, 5.74) is 4.05. The summed E-state index contributed by atoms with van der Waals surface area (Å²) in [6.07, 6.45) is 2.03. The van der Waals surface area contributed by atoms with Crippen LogP contribution in [0.25, 0.3) is 10.9 Å². The zero-order chi connectivity index (χ0) is 14.1. The Balaban J connectivity index is 2.01. The normalized spacial score (nSPS) is 10.7. The maximum atomic E-state index is 8.93. The van der Waals surface area contributed by atoms with E-state index in [1.807, 2.05) is 43.5 Å². The molecule has 0 bridgehead atoms. The van der Waals surface area contributed by atoms with Crippen molar-refractivity contribution in [3.8, 4) is 6.07 Å². The van der Waals surface area contributed by atoms with Crippen molar-refractivity contribution in [1.82, 2.24) is 4.57 Å². The Bertz CT molecular complexity index is 825. The van der Waals surface area contributed by atoms with E-state index in [-0.39, 0.29) is 0 Å². The number of hydrogen-bond acceptors (Lipinski definition) is 1. The summed E-state index contributed by atoms with van der Waals surface area (Å²) in [6.45, 7) is 2.76. The Morgan fingerprint density at radius 3 is 2.75 bits per heavy atom. The number of hydrogen-bond donors (Lipinski definition) is 0. The van der Waals surface area contributed by atoms with Crippen LogP contribution in [0.2, 0.25) is 5.02 Å². The van der Waals surface area contributed by atoms with Crippen molar-refractivity contribution in [3.63, 3.8) is 0 Å². The van der Waals surface area contributed by atoms with E-state index in [4.69, 9.17) is 16.9 Å². The first-order valence-electron chi connectivity index (χ1n) is 6.41. The molecule has 0 aliphatic heterocycles. The van der Waals surface area contributed by atoms with Gasteiger partial charge in [-0.1, -0.05) is 23.7 Å². The molecule has 0 spiro atoms. The van der Waals surface area contributed by atoms with E-state index in [0.29, 0.717) is 5.56 Å². The molecule has 2 aromatic carbocycles. The minimum Gasteiger partial charge on any atom is -0.343 e. The predicted octanol–water partition coefficient (Wildman–Crippen LogP) is 4.52. The van der Waals surface area contributed by atoms with E-state index < -0.39 is 0 Å². The third-order valence-electron chi connectivity index (χ3n) is 3.45. The van der Waals surface area contributed by atoms with Gasteiger partial charge in [0.15, 0.2) is 0 Å². The first-order valence-corrected chi connectivity index (χ1v) is 6.79. The van der Waals surface area contributed by atoms with Gasteiger partial charge in [0.1, 0.15) is 0 Å². The largest absolute Gasteiger partial charge is 0.343 e. The fourth-order valence-corrected chi connectivity index (χ4v) is 2.67. The number of fused-ring (bicyclic) bond motifs is 1. The van der Waals surface area contributed by atoms with E-state index in [9.17, 15) is 0 Å². The van der Waals surface area contributed by atoms with E-state index >= 15 is 0 Å². The molecule has 1 aromatic heterocycles. The second-order valence-electron chi connectivity index (χ2n) is 4.92. The van der Waals surface area contributed by atoms with Crippen LogP contribution in [0, 0.1) is 18.3 Å². The lowest BCUT2D eigenvalue weighted by Crippen LogP contribution is -1.98. The summed E-state index contributed by atoms with van der Waals surface area (Å²) in [4.78, 5) is 0. The Kier molecular flexibility index (Phi) is 3.22. The van der Waals surface area contributed by atoms with Crippen LogP contribution < -0.4 is 0 Å². The summed E-state index contributed by atoms with van der Waals surface area (Å²) in [6, 6.07) is 16.0. The van der Waals surface area contributed by atoms with Crippen LogP contribution in [0.3, 0.4) is 0 Å². The van der Waals surface area contributed by atoms with Crippen LogP contribution in [0.5, 0.6) is 0 Å². The van der Waals surface area contributed by atoms with Crippen LogP contribution in [0.1, 0.15) is 16.7 Å². The van der Waals surface area contributed by atoms with E-state index in [1.54, 1.807) is 0 Å². The van der Waals surface area contributed by atoms with Crippen molar-refractivity contribution in [3.05, 3.63) is 70.4 Å².